The van der Waals surface area contributed by atoms with E-state index in [4.69, 9.17) is 28.1 Å². The summed E-state index contributed by atoms with van der Waals surface area (Å²) in [4.78, 5) is 25.7. The van der Waals surface area contributed by atoms with Crippen molar-refractivity contribution in [2.24, 2.45) is 28.1 Å². The number of aromatic amines is 2. The number of nitrogens with two attached hydrogens (primary N) is 5. The molecule has 3 aromatic carbocycles. The van der Waals surface area contributed by atoms with Gasteiger partial charge in [-0.3, -0.25) is 19.8 Å². The summed E-state index contributed by atoms with van der Waals surface area (Å²) in [6.45, 7) is 7.92. The van der Waals surface area contributed by atoms with Crippen LogP contribution < -0.4 is 44.1 Å². The van der Waals surface area contributed by atoms with Gasteiger partial charge in [0.2, 0.25) is 10.0 Å². The Morgan fingerprint density at radius 3 is 1.82 bits per heavy atom. The number of fused-ring (bicyclic) bond motifs is 1. The second kappa shape index (κ2) is 22.6. The number of nitrogens with one attached hydrogen (secondary N) is 2. The Morgan fingerprint density at radius 1 is 0.760 bits per heavy atom. The molecule has 0 aliphatic carbocycles. The number of H-pyrrole nitrogens is 2. The van der Waals surface area contributed by atoms with Crippen molar-refractivity contribution in [3.8, 4) is 0 Å². The number of sulfonamides is 1. The van der Waals surface area contributed by atoms with Gasteiger partial charge in [0, 0.05) is 25.3 Å². The lowest BCUT2D eigenvalue weighted by atomic mass is 10.1. The minimum absolute atomic E-state index is 0.0876. The van der Waals surface area contributed by atoms with Crippen molar-refractivity contribution in [3.63, 3.8) is 0 Å². The molecule has 0 aliphatic rings. The smallest absolute Gasteiger partial charge is 0.372 e. The Labute approximate surface area is 291 Å². The third-order valence-electron chi connectivity index (χ3n) is 7.20. The van der Waals surface area contributed by atoms with Gasteiger partial charge >= 0.3 is 6.18 Å². The number of hydrogen-bond donors (Lipinski definition) is 7. The van der Waals surface area contributed by atoms with E-state index < -0.39 is 21.8 Å². The molecule has 16 heteroatoms. The van der Waals surface area contributed by atoms with E-state index in [2.05, 4.69) is 28.9 Å². The average molecular weight is 725 g/mol. The second-order valence-corrected chi connectivity index (χ2v) is 12.5. The van der Waals surface area contributed by atoms with E-state index in [1.165, 1.54) is 43.2 Å². The molecule has 0 atom stereocenters. The molecular formula is C34H51F3N8O4S. The van der Waals surface area contributed by atoms with E-state index in [0.717, 1.165) is 56.2 Å². The Hall–Kier alpha value is -4.06. The van der Waals surface area contributed by atoms with Crippen LogP contribution in [0.25, 0.3) is 10.8 Å². The lowest BCUT2D eigenvalue weighted by Crippen LogP contribution is -2.25. The van der Waals surface area contributed by atoms with Gasteiger partial charge in [-0.1, -0.05) is 43.7 Å². The van der Waals surface area contributed by atoms with Crippen molar-refractivity contribution in [3.05, 3.63) is 104 Å². The molecule has 0 amide bonds. The van der Waals surface area contributed by atoms with E-state index in [0.29, 0.717) is 23.9 Å². The maximum absolute atomic E-state index is 12.2. The molecule has 0 saturated heterocycles. The lowest BCUT2D eigenvalue weighted by molar-refractivity contribution is -0.138. The number of aromatic nitrogens is 2. The van der Waals surface area contributed by atoms with Crippen LogP contribution in [-0.2, 0) is 29.2 Å². The summed E-state index contributed by atoms with van der Waals surface area (Å²) in [5, 5.41) is 10.4. The molecule has 4 rings (SSSR count). The van der Waals surface area contributed by atoms with Crippen LogP contribution in [0.2, 0.25) is 0 Å². The third-order valence-corrected chi connectivity index (χ3v) is 8.13. The fourth-order valence-electron chi connectivity index (χ4n) is 4.47. The highest BCUT2D eigenvalue weighted by Gasteiger charge is 2.32. The number of benzene rings is 3. The molecule has 50 heavy (non-hydrogen) atoms. The molecule has 0 unspecified atom stereocenters. The van der Waals surface area contributed by atoms with Crippen molar-refractivity contribution in [2.45, 2.75) is 63.6 Å². The van der Waals surface area contributed by atoms with Crippen molar-refractivity contribution in [2.75, 3.05) is 37.6 Å². The largest absolute Gasteiger partial charge is 0.416 e. The summed E-state index contributed by atoms with van der Waals surface area (Å²) >= 11 is 0. The lowest BCUT2D eigenvalue weighted by Gasteiger charge is -2.23. The fourth-order valence-corrected chi connectivity index (χ4v) is 4.99. The number of unbranched alkanes of at least 4 members (excludes halogenated alkanes) is 2. The predicted molar refractivity (Wildman–Crippen MR) is 195 cm³/mol. The molecule has 12 nitrogen and oxygen atoms in total. The highest BCUT2D eigenvalue weighted by Crippen LogP contribution is 2.31. The van der Waals surface area contributed by atoms with Crippen LogP contribution in [0.1, 0.15) is 56.2 Å². The van der Waals surface area contributed by atoms with E-state index in [9.17, 15) is 31.2 Å². The molecule has 0 aliphatic heterocycles. The van der Waals surface area contributed by atoms with Gasteiger partial charge in [-0.2, -0.15) is 13.2 Å². The zero-order valence-corrected chi connectivity index (χ0v) is 29.5. The molecule has 4 aromatic rings. The molecule has 0 spiro atoms. The summed E-state index contributed by atoms with van der Waals surface area (Å²) in [6.07, 6.45) is 0.815. The summed E-state index contributed by atoms with van der Waals surface area (Å²) in [6, 6.07) is 17.0. The first kappa shape index (κ1) is 44.0. The van der Waals surface area contributed by atoms with Gasteiger partial charge in [0.05, 0.1) is 21.2 Å². The SMILES string of the molecule is CCCCN.CCN(CCCCN)c1ccc2c(=O)[nH][nH]c(=O)c2c1.NCCc1ccc(S(N)(=O)=O)cc1.NCc1ccccc1C(F)(F)F. The molecule has 0 radical (unpaired) electrons. The number of primary sulfonamides is 1. The quantitative estimate of drug-likeness (QED) is 0.106. The van der Waals surface area contributed by atoms with Crippen LogP contribution in [0.15, 0.2) is 81.2 Å². The Bertz CT molecular complexity index is 1780. The highest BCUT2D eigenvalue weighted by atomic mass is 32.2. The van der Waals surface area contributed by atoms with E-state index >= 15 is 0 Å². The number of rotatable bonds is 12. The number of alkyl halides is 3. The first-order chi connectivity index (χ1) is 23.7. The zero-order chi connectivity index (χ0) is 37.7. The number of anilines is 1. The van der Waals surface area contributed by atoms with Gasteiger partial charge in [0.15, 0.2) is 0 Å². The van der Waals surface area contributed by atoms with E-state index in [1.54, 1.807) is 24.3 Å². The first-order valence-corrected chi connectivity index (χ1v) is 17.8. The molecule has 1 aromatic heterocycles. The van der Waals surface area contributed by atoms with Crippen LogP contribution in [0.5, 0.6) is 0 Å². The maximum Gasteiger partial charge on any atom is 0.416 e. The highest BCUT2D eigenvalue weighted by molar-refractivity contribution is 7.89. The predicted octanol–water partition coefficient (Wildman–Crippen LogP) is 3.53. The number of nitrogens with zero attached hydrogens (tertiary/aromatic N) is 1. The van der Waals surface area contributed by atoms with Gasteiger partial charge in [0.1, 0.15) is 0 Å². The minimum atomic E-state index is -4.30. The molecule has 0 fully saturated rings. The van der Waals surface area contributed by atoms with E-state index in [1.807, 2.05) is 6.07 Å². The van der Waals surface area contributed by atoms with Gasteiger partial charge in [-0.05, 0) is 99.8 Å². The molecule has 12 N–H and O–H groups in total. The summed E-state index contributed by atoms with van der Waals surface area (Å²) in [5.74, 6) is 0. The van der Waals surface area contributed by atoms with Crippen molar-refractivity contribution >= 4 is 26.5 Å². The molecule has 0 saturated carbocycles. The van der Waals surface area contributed by atoms with Gasteiger partial charge in [-0.25, -0.2) is 13.6 Å². The standard InChI is InChI=1S/C14H20N4O2.C8H8F3N.C8H12N2O2S.C4H11N/c1-2-18(8-4-3-7-15)10-5-6-11-12(9-10)14(20)17-16-13(11)19;9-8(10,11)7-4-2-1-3-6(7)5-12;9-6-5-7-1-3-8(4-2-7)13(10,11)12;1-2-3-4-5/h5-6,9H,2-4,7-8,15H2,1H3,(H,16,19)(H,17,20);1-4H,5,12H2;1-4H,5-6,9H2,(H2,10,11,12);2-5H2,1H3. The normalized spacial score (nSPS) is 11.0. The Kier molecular flexibility index (Phi) is 19.9. The fraction of sp³-hybridized carbons (Fsp3) is 0.412. The molecule has 0 bridgehead atoms. The maximum atomic E-state index is 12.2. The van der Waals surface area contributed by atoms with Crippen LogP contribution in [0.4, 0.5) is 18.9 Å². The Morgan fingerprint density at radius 2 is 1.36 bits per heavy atom. The molecule has 278 valence electrons. The summed E-state index contributed by atoms with van der Waals surface area (Å²) in [7, 11) is -3.57. The average Bonchev–Trinajstić information content (AvgIpc) is 3.09. The second-order valence-electron chi connectivity index (χ2n) is 10.9. The van der Waals surface area contributed by atoms with E-state index in [-0.39, 0.29) is 28.1 Å². The van der Waals surface area contributed by atoms with Crippen LogP contribution in [0.3, 0.4) is 0 Å². The van der Waals surface area contributed by atoms with Crippen molar-refractivity contribution in [1.82, 2.24) is 10.2 Å². The van der Waals surface area contributed by atoms with Crippen molar-refractivity contribution < 1.29 is 21.6 Å². The molecule has 1 heterocycles. The monoisotopic (exact) mass is 724 g/mol. The summed E-state index contributed by atoms with van der Waals surface area (Å²) in [5.41, 5.74) is 22.0. The third kappa shape index (κ3) is 15.2. The minimum Gasteiger partial charge on any atom is -0.372 e. The van der Waals surface area contributed by atoms with Crippen LogP contribution in [-0.4, -0.2) is 51.3 Å². The molecular weight excluding hydrogens is 673 g/mol. The number of hydrogen-bond acceptors (Lipinski definition) is 9. The van der Waals surface area contributed by atoms with Gasteiger partial charge < -0.3 is 27.8 Å². The van der Waals surface area contributed by atoms with Gasteiger partial charge in [0.25, 0.3) is 11.1 Å². The van der Waals surface area contributed by atoms with Crippen LogP contribution >= 0.6 is 0 Å². The van der Waals surface area contributed by atoms with Crippen LogP contribution in [0, 0.1) is 0 Å². The topological polar surface area (TPSA) is 233 Å². The van der Waals surface area contributed by atoms with Crippen molar-refractivity contribution in [1.29, 1.82) is 0 Å². The number of halogens is 3. The zero-order valence-electron chi connectivity index (χ0n) is 28.6. The Balaban J connectivity index is 0.000000364. The summed E-state index contributed by atoms with van der Waals surface area (Å²) < 4.78 is 58.2. The first-order valence-electron chi connectivity index (χ1n) is 16.2. The van der Waals surface area contributed by atoms with Gasteiger partial charge in [-0.15, -0.1) is 0 Å².